The average molecular weight is 215 g/mol. The summed E-state index contributed by atoms with van der Waals surface area (Å²) in [6.07, 6.45) is 0.911. The van der Waals surface area contributed by atoms with Gasteiger partial charge in [0.15, 0.2) is 0 Å². The smallest absolute Gasteiger partial charge is 0.242 e. The Hall–Kier alpha value is -1.10. The fourth-order valence-electron chi connectivity index (χ4n) is 1.26. The van der Waals surface area contributed by atoms with E-state index in [1.165, 1.54) is 0 Å². The SMILES string of the molecule is CCCN(C(=O)CNC(=O)CN)C(C)C. The molecule has 0 saturated carbocycles. The molecule has 0 aromatic heterocycles. The van der Waals surface area contributed by atoms with Crippen LogP contribution in [0.5, 0.6) is 0 Å². The van der Waals surface area contributed by atoms with Gasteiger partial charge in [-0.1, -0.05) is 6.92 Å². The lowest BCUT2D eigenvalue weighted by atomic mass is 10.3. The number of nitrogens with one attached hydrogen (secondary N) is 1. The minimum absolute atomic E-state index is 0.0359. The Kier molecular flexibility index (Phi) is 6.70. The van der Waals surface area contributed by atoms with Gasteiger partial charge in [-0.3, -0.25) is 9.59 Å². The molecule has 0 aliphatic carbocycles. The zero-order valence-electron chi connectivity index (χ0n) is 9.75. The highest BCUT2D eigenvalue weighted by molar-refractivity contribution is 5.85. The molecule has 0 fully saturated rings. The Labute approximate surface area is 91.0 Å². The second-order valence-corrected chi connectivity index (χ2v) is 3.66. The molecule has 15 heavy (non-hydrogen) atoms. The van der Waals surface area contributed by atoms with Gasteiger partial charge in [-0.2, -0.15) is 0 Å². The summed E-state index contributed by atoms with van der Waals surface area (Å²) in [6, 6.07) is 0.159. The molecule has 88 valence electrons. The zero-order chi connectivity index (χ0) is 11.8. The monoisotopic (exact) mass is 215 g/mol. The molecule has 2 amide bonds. The van der Waals surface area contributed by atoms with Crippen molar-refractivity contribution in [2.45, 2.75) is 33.2 Å². The summed E-state index contributed by atoms with van der Waals surface area (Å²) in [5, 5.41) is 2.47. The first-order chi connectivity index (χ1) is 7.02. The Bertz CT molecular complexity index is 217. The maximum absolute atomic E-state index is 11.7. The Morgan fingerprint density at radius 3 is 2.40 bits per heavy atom. The lowest BCUT2D eigenvalue weighted by Crippen LogP contribution is -2.45. The molecule has 5 heteroatoms. The number of hydrogen-bond acceptors (Lipinski definition) is 3. The minimum Gasteiger partial charge on any atom is -0.346 e. The summed E-state index contributed by atoms with van der Waals surface area (Å²) in [7, 11) is 0. The zero-order valence-corrected chi connectivity index (χ0v) is 9.75. The van der Waals surface area contributed by atoms with E-state index in [0.717, 1.165) is 13.0 Å². The highest BCUT2D eigenvalue weighted by Crippen LogP contribution is 1.99. The molecule has 0 saturated heterocycles. The normalized spacial score (nSPS) is 10.2. The van der Waals surface area contributed by atoms with Crippen LogP contribution < -0.4 is 11.1 Å². The predicted molar refractivity (Wildman–Crippen MR) is 59.2 cm³/mol. The molecule has 0 bridgehead atoms. The van der Waals surface area contributed by atoms with Crippen molar-refractivity contribution in [3.8, 4) is 0 Å². The molecule has 0 heterocycles. The molecule has 0 spiro atoms. The van der Waals surface area contributed by atoms with Crippen LogP contribution in [0.15, 0.2) is 0 Å². The standard InChI is InChI=1S/C10H21N3O2/c1-4-5-13(8(2)3)10(15)7-12-9(14)6-11/h8H,4-7,11H2,1-3H3,(H,12,14). The van der Waals surface area contributed by atoms with Crippen molar-refractivity contribution in [3.63, 3.8) is 0 Å². The van der Waals surface area contributed by atoms with E-state index in [0.29, 0.717) is 0 Å². The third-order valence-electron chi connectivity index (χ3n) is 2.03. The third kappa shape index (κ3) is 5.37. The molecular formula is C10H21N3O2. The van der Waals surface area contributed by atoms with Crippen LogP contribution in [-0.4, -0.2) is 42.4 Å². The van der Waals surface area contributed by atoms with Crippen molar-refractivity contribution in [1.82, 2.24) is 10.2 Å². The molecule has 0 aromatic carbocycles. The van der Waals surface area contributed by atoms with Crippen LogP contribution in [0.2, 0.25) is 0 Å². The highest BCUT2D eigenvalue weighted by atomic mass is 16.2. The summed E-state index contributed by atoms with van der Waals surface area (Å²) < 4.78 is 0. The fourth-order valence-corrected chi connectivity index (χ4v) is 1.26. The van der Waals surface area contributed by atoms with Crippen LogP contribution in [0.25, 0.3) is 0 Å². The van der Waals surface area contributed by atoms with E-state index < -0.39 is 0 Å². The molecule has 0 aliphatic heterocycles. The van der Waals surface area contributed by atoms with Crippen molar-refractivity contribution in [2.75, 3.05) is 19.6 Å². The molecule has 0 atom stereocenters. The second kappa shape index (κ2) is 7.23. The number of carbonyl (C=O) groups excluding carboxylic acids is 2. The molecule has 0 aliphatic rings. The number of nitrogens with two attached hydrogens (primary N) is 1. The van der Waals surface area contributed by atoms with Gasteiger partial charge in [0.2, 0.25) is 11.8 Å². The highest BCUT2D eigenvalue weighted by Gasteiger charge is 2.15. The average Bonchev–Trinajstić information content (AvgIpc) is 2.21. The minimum atomic E-state index is -0.302. The molecule has 0 radical (unpaired) electrons. The first-order valence-corrected chi connectivity index (χ1v) is 5.29. The van der Waals surface area contributed by atoms with E-state index in [-0.39, 0.29) is 30.9 Å². The summed E-state index contributed by atoms with van der Waals surface area (Å²) in [5.41, 5.74) is 5.12. The van der Waals surface area contributed by atoms with Crippen LogP contribution in [0, 0.1) is 0 Å². The maximum Gasteiger partial charge on any atom is 0.242 e. The molecule has 0 aromatic rings. The van der Waals surface area contributed by atoms with Gasteiger partial charge in [-0.25, -0.2) is 0 Å². The first kappa shape index (κ1) is 13.9. The lowest BCUT2D eigenvalue weighted by molar-refractivity contribution is -0.134. The third-order valence-corrected chi connectivity index (χ3v) is 2.03. The predicted octanol–water partition coefficient (Wildman–Crippen LogP) is -0.292. The number of carbonyl (C=O) groups is 2. The van der Waals surface area contributed by atoms with Crippen LogP contribution in [0.3, 0.4) is 0 Å². The van der Waals surface area contributed by atoms with Gasteiger partial charge >= 0.3 is 0 Å². The van der Waals surface area contributed by atoms with Crippen molar-refractivity contribution < 1.29 is 9.59 Å². The molecule has 3 N–H and O–H groups in total. The summed E-state index contributed by atoms with van der Waals surface area (Å²) in [6.45, 7) is 6.60. The number of rotatable bonds is 6. The van der Waals surface area contributed by atoms with Gasteiger partial charge in [-0.05, 0) is 20.3 Å². The molecule has 0 unspecified atom stereocenters. The quantitative estimate of drug-likeness (QED) is 0.639. The van der Waals surface area contributed by atoms with E-state index in [1.54, 1.807) is 4.90 Å². The summed E-state index contributed by atoms with van der Waals surface area (Å²) in [4.78, 5) is 24.3. The first-order valence-electron chi connectivity index (χ1n) is 5.29. The van der Waals surface area contributed by atoms with Crippen LogP contribution in [0.1, 0.15) is 27.2 Å². The Morgan fingerprint density at radius 2 is 2.00 bits per heavy atom. The Morgan fingerprint density at radius 1 is 1.40 bits per heavy atom. The van der Waals surface area contributed by atoms with Gasteiger partial charge in [0.05, 0.1) is 13.1 Å². The molecular weight excluding hydrogens is 194 g/mol. The van der Waals surface area contributed by atoms with Gasteiger partial charge in [0, 0.05) is 12.6 Å². The lowest BCUT2D eigenvalue weighted by Gasteiger charge is -2.26. The number of amides is 2. The largest absolute Gasteiger partial charge is 0.346 e. The van der Waals surface area contributed by atoms with Gasteiger partial charge in [-0.15, -0.1) is 0 Å². The van der Waals surface area contributed by atoms with E-state index in [4.69, 9.17) is 5.73 Å². The second-order valence-electron chi connectivity index (χ2n) is 3.66. The summed E-state index contributed by atoms with van der Waals surface area (Å²) >= 11 is 0. The van der Waals surface area contributed by atoms with E-state index >= 15 is 0 Å². The topological polar surface area (TPSA) is 75.4 Å². The Balaban J connectivity index is 4.08. The van der Waals surface area contributed by atoms with Crippen molar-refractivity contribution >= 4 is 11.8 Å². The fraction of sp³-hybridized carbons (Fsp3) is 0.800. The molecule has 0 rings (SSSR count). The van der Waals surface area contributed by atoms with Crippen molar-refractivity contribution in [3.05, 3.63) is 0 Å². The number of nitrogens with zero attached hydrogens (tertiary/aromatic N) is 1. The van der Waals surface area contributed by atoms with Gasteiger partial charge in [0.25, 0.3) is 0 Å². The molecule has 5 nitrogen and oxygen atoms in total. The van der Waals surface area contributed by atoms with Gasteiger partial charge < -0.3 is 16.0 Å². The van der Waals surface area contributed by atoms with Crippen molar-refractivity contribution in [1.29, 1.82) is 0 Å². The van der Waals surface area contributed by atoms with E-state index in [1.807, 2.05) is 20.8 Å². The van der Waals surface area contributed by atoms with Crippen LogP contribution >= 0.6 is 0 Å². The van der Waals surface area contributed by atoms with Crippen LogP contribution in [-0.2, 0) is 9.59 Å². The van der Waals surface area contributed by atoms with E-state index in [2.05, 4.69) is 5.32 Å². The van der Waals surface area contributed by atoms with E-state index in [9.17, 15) is 9.59 Å². The van der Waals surface area contributed by atoms with Gasteiger partial charge in [0.1, 0.15) is 0 Å². The van der Waals surface area contributed by atoms with Crippen LogP contribution in [0.4, 0.5) is 0 Å². The van der Waals surface area contributed by atoms with Crippen molar-refractivity contribution in [2.24, 2.45) is 5.73 Å². The maximum atomic E-state index is 11.7. The summed E-state index contributed by atoms with van der Waals surface area (Å²) in [5.74, 6) is -0.364. The number of hydrogen-bond donors (Lipinski definition) is 2.